The number of ether oxygens (including phenoxy) is 1. The second-order valence-corrected chi connectivity index (χ2v) is 8.80. The summed E-state index contributed by atoms with van der Waals surface area (Å²) in [6.07, 6.45) is 11.9. The number of aryl methyl sites for hydroxylation is 1. The summed E-state index contributed by atoms with van der Waals surface area (Å²) in [4.78, 5) is 14.2. The number of benzene rings is 2. The second-order valence-electron chi connectivity index (χ2n) is 8.80. The molecule has 1 aliphatic carbocycles. The van der Waals surface area contributed by atoms with E-state index in [0.29, 0.717) is 18.5 Å². The van der Waals surface area contributed by atoms with Crippen LogP contribution in [0.25, 0.3) is 5.69 Å². The fraction of sp³-hybridized carbons (Fsp3) is 0.296. The molecule has 2 aromatic heterocycles. The first kappa shape index (κ1) is 20.0. The van der Waals surface area contributed by atoms with Crippen LogP contribution in [0.3, 0.4) is 0 Å². The molecule has 166 valence electrons. The molecule has 4 bridgehead atoms. The van der Waals surface area contributed by atoms with E-state index in [4.69, 9.17) is 14.7 Å². The van der Waals surface area contributed by atoms with Crippen LogP contribution in [0, 0.1) is 0 Å². The first-order valence-electron chi connectivity index (χ1n) is 11.8. The Kier molecular flexibility index (Phi) is 5.26. The van der Waals surface area contributed by atoms with Gasteiger partial charge in [0.15, 0.2) is 0 Å². The molecular weight excluding hydrogens is 410 g/mol. The SMILES string of the molecule is c1ccc(C2CCc3c4nc(nc32)Nc2ccc(-n3ccnc3)c(c2)OCCCCC4)cc1. The molecule has 1 atom stereocenters. The average molecular weight is 438 g/mol. The summed E-state index contributed by atoms with van der Waals surface area (Å²) in [5, 5.41) is 3.47. The Bertz CT molecular complexity index is 1250. The maximum absolute atomic E-state index is 6.20. The number of imidazole rings is 1. The summed E-state index contributed by atoms with van der Waals surface area (Å²) in [5.41, 5.74) is 6.99. The number of nitrogens with zero attached hydrogens (tertiary/aromatic N) is 4. The van der Waals surface area contributed by atoms with Gasteiger partial charge in [-0.3, -0.25) is 0 Å². The van der Waals surface area contributed by atoms with Crippen molar-refractivity contribution in [1.82, 2.24) is 19.5 Å². The zero-order chi connectivity index (χ0) is 22.0. The van der Waals surface area contributed by atoms with Crippen molar-refractivity contribution in [3.63, 3.8) is 0 Å². The Hall–Kier alpha value is -3.67. The standard InChI is InChI=1S/C27H27N5O/c1-3-7-19(8-4-1)21-11-12-22-23-9-5-2-6-16-33-25-17-20(29-27(30-23)31-26(21)22)10-13-24(25)32-15-14-28-18-32/h1,3-4,7-8,10,13-15,17-18,21H,2,5-6,9,11-12,16H2,(H,29,30,31). The highest BCUT2D eigenvalue weighted by atomic mass is 16.5. The van der Waals surface area contributed by atoms with Gasteiger partial charge in [-0.2, -0.15) is 0 Å². The monoisotopic (exact) mass is 437 g/mol. The third-order valence-corrected chi connectivity index (χ3v) is 6.65. The summed E-state index contributed by atoms with van der Waals surface area (Å²) in [6.45, 7) is 0.697. The van der Waals surface area contributed by atoms with E-state index in [9.17, 15) is 0 Å². The summed E-state index contributed by atoms with van der Waals surface area (Å²) < 4.78 is 8.18. The molecule has 3 heterocycles. The largest absolute Gasteiger partial charge is 0.491 e. The average Bonchev–Trinajstić information content (AvgIpc) is 3.52. The molecule has 1 aliphatic heterocycles. The van der Waals surface area contributed by atoms with Crippen LogP contribution in [0.5, 0.6) is 5.75 Å². The van der Waals surface area contributed by atoms with Gasteiger partial charge in [0.2, 0.25) is 5.95 Å². The van der Waals surface area contributed by atoms with E-state index >= 15 is 0 Å². The van der Waals surface area contributed by atoms with Crippen LogP contribution in [-0.4, -0.2) is 26.1 Å². The molecule has 0 saturated carbocycles. The summed E-state index contributed by atoms with van der Waals surface area (Å²) in [6, 6.07) is 16.9. The van der Waals surface area contributed by atoms with Crippen molar-refractivity contribution in [2.45, 2.75) is 44.4 Å². The Labute approximate surface area is 193 Å². The van der Waals surface area contributed by atoms with E-state index in [1.54, 1.807) is 12.5 Å². The number of rotatable bonds is 2. The van der Waals surface area contributed by atoms with Crippen LogP contribution >= 0.6 is 0 Å². The number of nitrogens with one attached hydrogen (secondary N) is 1. The molecule has 0 saturated heterocycles. The minimum Gasteiger partial charge on any atom is -0.491 e. The predicted octanol–water partition coefficient (Wildman–Crippen LogP) is 5.59. The number of fused-ring (bicyclic) bond motifs is 6. The van der Waals surface area contributed by atoms with Crippen LogP contribution in [0.4, 0.5) is 11.6 Å². The van der Waals surface area contributed by atoms with E-state index < -0.39 is 0 Å². The van der Waals surface area contributed by atoms with Gasteiger partial charge in [0.25, 0.3) is 0 Å². The van der Waals surface area contributed by atoms with Gasteiger partial charge in [0.05, 0.1) is 24.3 Å². The lowest BCUT2D eigenvalue weighted by Crippen LogP contribution is -2.08. The molecular formula is C27H27N5O. The smallest absolute Gasteiger partial charge is 0.227 e. The molecule has 0 radical (unpaired) electrons. The molecule has 33 heavy (non-hydrogen) atoms. The van der Waals surface area contributed by atoms with Gasteiger partial charge in [0.1, 0.15) is 5.75 Å². The van der Waals surface area contributed by atoms with E-state index in [2.05, 4.69) is 46.7 Å². The highest BCUT2D eigenvalue weighted by molar-refractivity contribution is 5.62. The van der Waals surface area contributed by atoms with Gasteiger partial charge in [0, 0.05) is 35.8 Å². The third-order valence-electron chi connectivity index (χ3n) is 6.65. The number of aromatic nitrogens is 4. The van der Waals surface area contributed by atoms with Crippen molar-refractivity contribution in [2.75, 3.05) is 11.9 Å². The minimum atomic E-state index is 0.335. The third kappa shape index (κ3) is 3.97. The van der Waals surface area contributed by atoms with Crippen molar-refractivity contribution in [3.8, 4) is 11.4 Å². The number of hydrogen-bond acceptors (Lipinski definition) is 5. The van der Waals surface area contributed by atoms with Crippen LogP contribution in [-0.2, 0) is 12.8 Å². The van der Waals surface area contributed by atoms with Gasteiger partial charge >= 0.3 is 0 Å². The fourth-order valence-corrected chi connectivity index (χ4v) is 5.01. The molecule has 0 amide bonds. The van der Waals surface area contributed by atoms with Crippen molar-refractivity contribution in [1.29, 1.82) is 0 Å². The lowest BCUT2D eigenvalue weighted by Gasteiger charge is -2.16. The van der Waals surface area contributed by atoms with E-state index in [0.717, 1.165) is 55.6 Å². The van der Waals surface area contributed by atoms with Gasteiger partial charge in [-0.1, -0.05) is 30.3 Å². The fourth-order valence-electron chi connectivity index (χ4n) is 5.01. The lowest BCUT2D eigenvalue weighted by atomic mass is 9.96. The number of anilines is 2. The second kappa shape index (κ2) is 8.70. The molecule has 2 aromatic carbocycles. The highest BCUT2D eigenvalue weighted by Crippen LogP contribution is 2.39. The van der Waals surface area contributed by atoms with Crippen LogP contribution in [0.15, 0.2) is 67.3 Å². The molecule has 1 N–H and O–H groups in total. The molecule has 6 rings (SSSR count). The van der Waals surface area contributed by atoms with Crippen LogP contribution in [0.1, 0.15) is 54.1 Å². The summed E-state index contributed by atoms with van der Waals surface area (Å²) in [7, 11) is 0. The quantitative estimate of drug-likeness (QED) is 0.443. The van der Waals surface area contributed by atoms with Gasteiger partial charge in [-0.25, -0.2) is 15.0 Å². The van der Waals surface area contributed by atoms with Crippen LogP contribution in [0.2, 0.25) is 0 Å². The minimum absolute atomic E-state index is 0.335. The van der Waals surface area contributed by atoms with Crippen molar-refractivity contribution < 1.29 is 4.74 Å². The normalized spacial score (nSPS) is 17.6. The molecule has 4 aromatic rings. The molecule has 6 nitrogen and oxygen atoms in total. The Morgan fingerprint density at radius 2 is 1.91 bits per heavy atom. The summed E-state index contributed by atoms with van der Waals surface area (Å²) >= 11 is 0. The van der Waals surface area contributed by atoms with Gasteiger partial charge < -0.3 is 14.6 Å². The van der Waals surface area contributed by atoms with Crippen LogP contribution < -0.4 is 10.1 Å². The molecule has 0 fully saturated rings. The van der Waals surface area contributed by atoms with Crippen molar-refractivity contribution >= 4 is 11.6 Å². The predicted molar refractivity (Wildman–Crippen MR) is 129 cm³/mol. The molecule has 2 aliphatic rings. The van der Waals surface area contributed by atoms with E-state index in [1.807, 2.05) is 22.9 Å². The maximum atomic E-state index is 6.20. The molecule has 1 unspecified atom stereocenters. The van der Waals surface area contributed by atoms with E-state index in [1.165, 1.54) is 22.5 Å². The topological polar surface area (TPSA) is 64.9 Å². The Morgan fingerprint density at radius 1 is 0.970 bits per heavy atom. The van der Waals surface area contributed by atoms with Gasteiger partial charge in [-0.05, 0) is 61.8 Å². The Balaban J connectivity index is 1.40. The maximum Gasteiger partial charge on any atom is 0.227 e. The highest BCUT2D eigenvalue weighted by Gasteiger charge is 2.29. The zero-order valence-electron chi connectivity index (χ0n) is 18.6. The Morgan fingerprint density at radius 3 is 2.79 bits per heavy atom. The lowest BCUT2D eigenvalue weighted by molar-refractivity contribution is 0.304. The summed E-state index contributed by atoms with van der Waals surface area (Å²) in [5.74, 6) is 1.84. The van der Waals surface area contributed by atoms with Crippen molar-refractivity contribution in [3.05, 3.63) is 89.8 Å². The van der Waals surface area contributed by atoms with Crippen molar-refractivity contribution in [2.24, 2.45) is 0 Å². The first-order valence-corrected chi connectivity index (χ1v) is 11.8. The first-order chi connectivity index (χ1) is 16.3. The van der Waals surface area contributed by atoms with E-state index in [-0.39, 0.29) is 0 Å². The van der Waals surface area contributed by atoms with Gasteiger partial charge in [-0.15, -0.1) is 0 Å². The molecule has 6 heteroatoms. The zero-order valence-corrected chi connectivity index (χ0v) is 18.6. The molecule has 0 spiro atoms. The number of hydrogen-bond donors (Lipinski definition) is 1.